The molecule has 0 unspecified atom stereocenters. The van der Waals surface area contributed by atoms with Crippen LogP contribution in [0.3, 0.4) is 0 Å². The number of anilines is 1. The molecule has 0 fully saturated rings. The Morgan fingerprint density at radius 1 is 1.04 bits per heavy atom. The Morgan fingerprint density at radius 2 is 1.80 bits per heavy atom. The maximum absolute atomic E-state index is 12.5. The van der Waals surface area contributed by atoms with Crippen LogP contribution in [0.1, 0.15) is 33.5 Å². The molecule has 124 valence electrons. The van der Waals surface area contributed by atoms with E-state index in [1.807, 2.05) is 6.07 Å². The molecule has 0 aliphatic carbocycles. The van der Waals surface area contributed by atoms with Gasteiger partial charge in [0.05, 0.1) is 17.6 Å². The summed E-state index contributed by atoms with van der Waals surface area (Å²) in [6.45, 7) is 3.23. The monoisotopic (exact) mass is 332 g/mol. The Morgan fingerprint density at radius 3 is 2.44 bits per heavy atom. The average molecular weight is 332 g/mol. The van der Waals surface area contributed by atoms with Gasteiger partial charge in [-0.3, -0.25) is 19.6 Å². The van der Waals surface area contributed by atoms with E-state index in [4.69, 9.17) is 0 Å². The predicted octanol–water partition coefficient (Wildman–Crippen LogP) is 3.30. The van der Waals surface area contributed by atoms with Crippen LogP contribution in [-0.2, 0) is 0 Å². The van der Waals surface area contributed by atoms with Gasteiger partial charge in [0.15, 0.2) is 5.78 Å². The van der Waals surface area contributed by atoms with Gasteiger partial charge in [0.1, 0.15) is 5.69 Å². The van der Waals surface area contributed by atoms with Crippen LogP contribution in [0.2, 0.25) is 0 Å². The van der Waals surface area contributed by atoms with Crippen LogP contribution in [0.15, 0.2) is 55.0 Å². The van der Waals surface area contributed by atoms with Gasteiger partial charge in [-0.2, -0.15) is 0 Å². The lowest BCUT2D eigenvalue weighted by Crippen LogP contribution is -2.16. The lowest BCUT2D eigenvalue weighted by molar-refractivity contribution is 0.101. The first-order chi connectivity index (χ1) is 12.0. The van der Waals surface area contributed by atoms with E-state index >= 15 is 0 Å². The molecule has 0 aliphatic heterocycles. The number of rotatable bonds is 4. The van der Waals surface area contributed by atoms with E-state index in [0.717, 1.165) is 5.56 Å². The number of hydrogen-bond acceptors (Lipinski definition) is 5. The molecule has 0 aliphatic rings. The topological polar surface area (TPSA) is 84.8 Å². The number of nitrogens with zero attached hydrogens (tertiary/aromatic N) is 3. The Balaban J connectivity index is 1.85. The fourth-order valence-electron chi connectivity index (χ4n) is 2.30. The minimum Gasteiger partial charge on any atom is -0.321 e. The van der Waals surface area contributed by atoms with E-state index in [-0.39, 0.29) is 17.4 Å². The first kappa shape index (κ1) is 16.4. The van der Waals surface area contributed by atoms with E-state index in [0.29, 0.717) is 22.6 Å². The normalized spacial score (nSPS) is 10.3. The molecule has 0 radical (unpaired) electrons. The minimum atomic E-state index is -0.355. The molecule has 0 atom stereocenters. The predicted molar refractivity (Wildman–Crippen MR) is 94.4 cm³/mol. The van der Waals surface area contributed by atoms with Crippen LogP contribution < -0.4 is 5.32 Å². The summed E-state index contributed by atoms with van der Waals surface area (Å²) >= 11 is 0. The number of aryl methyl sites for hydroxylation is 1. The first-order valence-corrected chi connectivity index (χ1v) is 7.71. The Hall–Kier alpha value is -3.41. The highest BCUT2D eigenvalue weighted by molar-refractivity contribution is 6.04. The summed E-state index contributed by atoms with van der Waals surface area (Å²) in [5, 5.41) is 2.78. The number of benzene rings is 1. The number of nitrogens with one attached hydrogen (secondary N) is 1. The molecule has 0 saturated heterocycles. The second kappa shape index (κ2) is 7.00. The fraction of sp³-hybridized carbons (Fsp3) is 0.105. The highest BCUT2D eigenvalue weighted by Crippen LogP contribution is 2.17. The molecule has 6 heteroatoms. The molecule has 1 aromatic carbocycles. The van der Waals surface area contributed by atoms with Crippen LogP contribution in [0.25, 0.3) is 11.3 Å². The van der Waals surface area contributed by atoms with E-state index in [2.05, 4.69) is 20.3 Å². The summed E-state index contributed by atoms with van der Waals surface area (Å²) in [5.41, 5.74) is 3.32. The van der Waals surface area contributed by atoms with Gasteiger partial charge in [-0.1, -0.05) is 0 Å². The zero-order valence-corrected chi connectivity index (χ0v) is 13.9. The molecule has 1 N–H and O–H groups in total. The maximum Gasteiger partial charge on any atom is 0.276 e. The average Bonchev–Trinajstić information content (AvgIpc) is 2.63. The maximum atomic E-state index is 12.5. The number of carbonyl (C=O) groups is 2. The summed E-state index contributed by atoms with van der Waals surface area (Å²) in [7, 11) is 0. The van der Waals surface area contributed by atoms with Crippen molar-refractivity contribution in [1.82, 2.24) is 15.0 Å². The number of pyridine rings is 1. The molecule has 0 spiro atoms. The zero-order valence-electron chi connectivity index (χ0n) is 13.9. The number of amides is 1. The summed E-state index contributed by atoms with van der Waals surface area (Å²) in [6, 6.07) is 10.4. The van der Waals surface area contributed by atoms with Gasteiger partial charge in [0.25, 0.3) is 5.91 Å². The minimum absolute atomic E-state index is 0.0243. The third-order valence-electron chi connectivity index (χ3n) is 3.68. The van der Waals surface area contributed by atoms with Crippen molar-refractivity contribution in [3.8, 4) is 11.3 Å². The molecule has 0 bridgehead atoms. The first-order valence-electron chi connectivity index (χ1n) is 7.71. The molecular weight excluding hydrogens is 316 g/mol. The van der Waals surface area contributed by atoms with Crippen molar-refractivity contribution in [3.05, 3.63) is 71.9 Å². The number of carbonyl (C=O) groups excluding carboxylic acids is 2. The van der Waals surface area contributed by atoms with Crippen molar-refractivity contribution in [2.24, 2.45) is 0 Å². The smallest absolute Gasteiger partial charge is 0.276 e. The SMILES string of the molecule is CC(=O)c1ccc(NC(=O)c2nc(-c3cccnc3)cnc2C)cc1. The summed E-state index contributed by atoms with van der Waals surface area (Å²) in [5.74, 6) is -0.380. The Kier molecular flexibility index (Phi) is 4.61. The quantitative estimate of drug-likeness (QED) is 0.741. The molecule has 2 aromatic heterocycles. The molecular formula is C19H16N4O2. The lowest BCUT2D eigenvalue weighted by Gasteiger charge is -2.09. The number of hydrogen-bond donors (Lipinski definition) is 1. The van der Waals surface area contributed by atoms with Crippen molar-refractivity contribution >= 4 is 17.4 Å². The molecule has 2 heterocycles. The zero-order chi connectivity index (χ0) is 17.8. The van der Waals surface area contributed by atoms with Crippen molar-refractivity contribution < 1.29 is 9.59 Å². The van der Waals surface area contributed by atoms with Gasteiger partial charge in [-0.25, -0.2) is 4.98 Å². The van der Waals surface area contributed by atoms with E-state index in [1.54, 1.807) is 55.8 Å². The van der Waals surface area contributed by atoms with Crippen LogP contribution in [-0.4, -0.2) is 26.6 Å². The molecule has 3 rings (SSSR count). The third-order valence-corrected chi connectivity index (χ3v) is 3.68. The standard InChI is InChI=1S/C19H16N4O2/c1-12-18(23-17(11-21-12)15-4-3-9-20-10-15)19(25)22-16-7-5-14(6-8-16)13(2)24/h3-11H,1-2H3,(H,22,25). The molecule has 25 heavy (non-hydrogen) atoms. The van der Waals surface area contributed by atoms with Crippen LogP contribution in [0.5, 0.6) is 0 Å². The van der Waals surface area contributed by atoms with Gasteiger partial charge in [-0.05, 0) is 50.2 Å². The molecule has 0 saturated carbocycles. The van der Waals surface area contributed by atoms with Crippen LogP contribution in [0, 0.1) is 6.92 Å². The number of ketones is 1. The highest BCUT2D eigenvalue weighted by Gasteiger charge is 2.14. The molecule has 6 nitrogen and oxygen atoms in total. The highest BCUT2D eigenvalue weighted by atomic mass is 16.2. The summed E-state index contributed by atoms with van der Waals surface area (Å²) < 4.78 is 0. The Labute approximate surface area is 145 Å². The third kappa shape index (κ3) is 3.74. The second-order valence-corrected chi connectivity index (χ2v) is 5.52. The van der Waals surface area contributed by atoms with Crippen molar-refractivity contribution in [3.63, 3.8) is 0 Å². The van der Waals surface area contributed by atoms with Gasteiger partial charge >= 0.3 is 0 Å². The fourth-order valence-corrected chi connectivity index (χ4v) is 2.30. The number of Topliss-reactive ketones (excluding diaryl/α,β-unsaturated/α-hetero) is 1. The van der Waals surface area contributed by atoms with Gasteiger partial charge in [0.2, 0.25) is 0 Å². The van der Waals surface area contributed by atoms with Gasteiger partial charge < -0.3 is 5.32 Å². The Bertz CT molecular complexity index is 922. The van der Waals surface area contributed by atoms with E-state index in [1.165, 1.54) is 6.92 Å². The van der Waals surface area contributed by atoms with E-state index < -0.39 is 0 Å². The van der Waals surface area contributed by atoms with E-state index in [9.17, 15) is 9.59 Å². The molecule has 1 amide bonds. The van der Waals surface area contributed by atoms with Gasteiger partial charge in [0, 0.05) is 29.2 Å². The second-order valence-electron chi connectivity index (χ2n) is 5.52. The van der Waals surface area contributed by atoms with Crippen molar-refractivity contribution in [2.75, 3.05) is 5.32 Å². The summed E-state index contributed by atoms with van der Waals surface area (Å²) in [6.07, 6.45) is 4.95. The van der Waals surface area contributed by atoms with Crippen molar-refractivity contribution in [2.45, 2.75) is 13.8 Å². The number of aromatic nitrogens is 3. The van der Waals surface area contributed by atoms with Crippen LogP contribution in [0.4, 0.5) is 5.69 Å². The largest absolute Gasteiger partial charge is 0.321 e. The van der Waals surface area contributed by atoms with Crippen molar-refractivity contribution in [1.29, 1.82) is 0 Å². The molecule has 3 aromatic rings. The lowest BCUT2D eigenvalue weighted by atomic mass is 10.1. The van der Waals surface area contributed by atoms with Crippen LogP contribution >= 0.6 is 0 Å². The van der Waals surface area contributed by atoms with Gasteiger partial charge in [-0.15, -0.1) is 0 Å². The summed E-state index contributed by atoms with van der Waals surface area (Å²) in [4.78, 5) is 36.6.